The number of aryl methyl sites for hydroxylation is 1. The lowest BCUT2D eigenvalue weighted by atomic mass is 10.1. The molecule has 0 unspecified atom stereocenters. The molecule has 0 radical (unpaired) electrons. The van der Waals surface area contributed by atoms with Crippen molar-refractivity contribution < 1.29 is 4.79 Å². The summed E-state index contributed by atoms with van der Waals surface area (Å²) in [6, 6.07) is 0. The summed E-state index contributed by atoms with van der Waals surface area (Å²) in [6.07, 6.45) is 8.22. The second kappa shape index (κ2) is 4.09. The van der Waals surface area contributed by atoms with E-state index in [0.717, 1.165) is 5.69 Å². The Morgan fingerprint density at radius 3 is 2.60 bits per heavy atom. The zero-order valence-electron chi connectivity index (χ0n) is 9.03. The summed E-state index contributed by atoms with van der Waals surface area (Å²) < 4.78 is 0. The summed E-state index contributed by atoms with van der Waals surface area (Å²) in [5.41, 5.74) is 0.357. The van der Waals surface area contributed by atoms with Gasteiger partial charge in [-0.3, -0.25) is 9.78 Å². The Kier molecular flexibility index (Phi) is 3.05. The van der Waals surface area contributed by atoms with Crippen molar-refractivity contribution in [2.45, 2.75) is 26.3 Å². The third-order valence-corrected chi connectivity index (χ3v) is 1.80. The van der Waals surface area contributed by atoms with Crippen LogP contribution in [0, 0.1) is 19.3 Å². The van der Waals surface area contributed by atoms with Gasteiger partial charge in [-0.25, -0.2) is 4.98 Å². The molecular formula is C11H13N3O. The number of nitrogens with zero attached hydrogens (tertiary/aromatic N) is 2. The molecule has 0 aliphatic carbocycles. The molecule has 0 fully saturated rings. The van der Waals surface area contributed by atoms with Gasteiger partial charge in [0.05, 0.1) is 17.4 Å². The molecule has 4 heteroatoms. The van der Waals surface area contributed by atoms with E-state index in [9.17, 15) is 4.79 Å². The van der Waals surface area contributed by atoms with E-state index in [1.54, 1.807) is 20.8 Å². The SMILES string of the molecule is C#CC(C)(C)NC(=O)c1cnc(C)cn1. The maximum absolute atomic E-state index is 11.6. The van der Waals surface area contributed by atoms with Crippen LogP contribution in [0.25, 0.3) is 0 Å². The molecule has 0 aromatic carbocycles. The number of hydrogen-bond donors (Lipinski definition) is 1. The van der Waals surface area contributed by atoms with Crippen LogP contribution in [-0.4, -0.2) is 21.4 Å². The van der Waals surface area contributed by atoms with E-state index in [4.69, 9.17) is 6.42 Å². The Bertz CT molecular complexity index is 401. The maximum Gasteiger partial charge on any atom is 0.272 e. The Hall–Kier alpha value is -1.89. The molecule has 1 amide bonds. The van der Waals surface area contributed by atoms with Crippen LogP contribution in [0.1, 0.15) is 30.0 Å². The molecule has 0 atom stereocenters. The zero-order valence-corrected chi connectivity index (χ0v) is 9.03. The molecule has 15 heavy (non-hydrogen) atoms. The highest BCUT2D eigenvalue weighted by Crippen LogP contribution is 2.02. The van der Waals surface area contributed by atoms with Gasteiger partial charge in [-0.1, -0.05) is 5.92 Å². The summed E-state index contributed by atoms with van der Waals surface area (Å²) in [5, 5.41) is 2.66. The van der Waals surface area contributed by atoms with Crippen molar-refractivity contribution >= 4 is 5.91 Å². The smallest absolute Gasteiger partial charge is 0.272 e. The standard InChI is InChI=1S/C11H13N3O/c1-5-11(3,4)14-10(15)9-7-12-8(2)6-13-9/h1,6-7H,2-4H3,(H,14,15). The number of carbonyl (C=O) groups is 1. The number of terminal acetylenes is 1. The van der Waals surface area contributed by atoms with Gasteiger partial charge in [-0.05, 0) is 20.8 Å². The highest BCUT2D eigenvalue weighted by Gasteiger charge is 2.18. The molecule has 0 bridgehead atoms. The Balaban J connectivity index is 2.79. The van der Waals surface area contributed by atoms with Gasteiger partial charge in [0.15, 0.2) is 0 Å². The molecule has 1 aromatic heterocycles. The predicted octanol–water partition coefficient (Wildman–Crippen LogP) is 0.927. The fraction of sp³-hybridized carbons (Fsp3) is 0.364. The molecule has 78 valence electrons. The molecule has 0 spiro atoms. The van der Waals surface area contributed by atoms with Crippen LogP contribution in [0.15, 0.2) is 12.4 Å². The zero-order chi connectivity index (χ0) is 11.5. The number of carbonyl (C=O) groups excluding carboxylic acids is 1. The second-order valence-electron chi connectivity index (χ2n) is 3.77. The van der Waals surface area contributed by atoms with E-state index in [-0.39, 0.29) is 11.6 Å². The van der Waals surface area contributed by atoms with Gasteiger partial charge in [-0.2, -0.15) is 0 Å². The van der Waals surface area contributed by atoms with Gasteiger partial charge in [0.25, 0.3) is 5.91 Å². The monoisotopic (exact) mass is 203 g/mol. The Morgan fingerprint density at radius 1 is 1.47 bits per heavy atom. The van der Waals surface area contributed by atoms with Crippen LogP contribution in [-0.2, 0) is 0 Å². The molecule has 0 aliphatic rings. The van der Waals surface area contributed by atoms with Crippen molar-refractivity contribution in [3.8, 4) is 12.3 Å². The fourth-order valence-corrected chi connectivity index (χ4v) is 0.894. The van der Waals surface area contributed by atoms with Crippen molar-refractivity contribution in [2.75, 3.05) is 0 Å². The third-order valence-electron chi connectivity index (χ3n) is 1.80. The minimum atomic E-state index is -0.677. The van der Waals surface area contributed by atoms with Crippen molar-refractivity contribution in [3.63, 3.8) is 0 Å². The first kappa shape index (κ1) is 11.2. The predicted molar refractivity (Wildman–Crippen MR) is 57.1 cm³/mol. The fourth-order valence-electron chi connectivity index (χ4n) is 0.894. The summed E-state index contributed by atoms with van der Waals surface area (Å²) in [6.45, 7) is 5.29. The molecule has 1 rings (SSSR count). The van der Waals surface area contributed by atoms with Crippen LogP contribution in [0.2, 0.25) is 0 Å². The molecule has 0 saturated carbocycles. The number of aromatic nitrogens is 2. The van der Waals surface area contributed by atoms with Gasteiger partial charge < -0.3 is 5.32 Å². The Morgan fingerprint density at radius 2 is 2.13 bits per heavy atom. The summed E-state index contributed by atoms with van der Waals surface area (Å²) >= 11 is 0. The average Bonchev–Trinajstić information content (AvgIpc) is 2.18. The van der Waals surface area contributed by atoms with E-state index in [1.807, 2.05) is 0 Å². The van der Waals surface area contributed by atoms with E-state index in [1.165, 1.54) is 12.4 Å². The van der Waals surface area contributed by atoms with Gasteiger partial charge >= 0.3 is 0 Å². The first-order chi connectivity index (χ1) is 6.94. The van der Waals surface area contributed by atoms with Crippen LogP contribution in [0.4, 0.5) is 0 Å². The van der Waals surface area contributed by atoms with Crippen molar-refractivity contribution in [1.82, 2.24) is 15.3 Å². The number of amides is 1. The van der Waals surface area contributed by atoms with E-state index >= 15 is 0 Å². The minimum absolute atomic E-state index is 0.268. The summed E-state index contributed by atoms with van der Waals surface area (Å²) in [4.78, 5) is 19.6. The first-order valence-corrected chi connectivity index (χ1v) is 4.53. The lowest BCUT2D eigenvalue weighted by molar-refractivity contribution is 0.0924. The number of nitrogens with one attached hydrogen (secondary N) is 1. The molecule has 1 N–H and O–H groups in total. The normalized spacial score (nSPS) is 10.5. The topological polar surface area (TPSA) is 54.9 Å². The van der Waals surface area contributed by atoms with Gasteiger partial charge in [0, 0.05) is 6.20 Å². The lowest BCUT2D eigenvalue weighted by Crippen LogP contribution is -2.42. The average molecular weight is 203 g/mol. The van der Waals surface area contributed by atoms with E-state index < -0.39 is 5.54 Å². The quantitative estimate of drug-likeness (QED) is 0.727. The molecule has 4 nitrogen and oxygen atoms in total. The van der Waals surface area contributed by atoms with Crippen molar-refractivity contribution in [1.29, 1.82) is 0 Å². The first-order valence-electron chi connectivity index (χ1n) is 4.53. The summed E-state index contributed by atoms with van der Waals surface area (Å²) in [7, 11) is 0. The highest BCUT2D eigenvalue weighted by molar-refractivity contribution is 5.92. The summed E-state index contributed by atoms with van der Waals surface area (Å²) in [5.74, 6) is 2.16. The molecular weight excluding hydrogens is 190 g/mol. The van der Waals surface area contributed by atoms with Crippen molar-refractivity contribution in [2.24, 2.45) is 0 Å². The number of hydrogen-bond acceptors (Lipinski definition) is 3. The van der Waals surface area contributed by atoms with Crippen molar-refractivity contribution in [3.05, 3.63) is 23.8 Å². The van der Waals surface area contributed by atoms with Crippen LogP contribution < -0.4 is 5.32 Å². The minimum Gasteiger partial charge on any atom is -0.335 e. The largest absolute Gasteiger partial charge is 0.335 e. The molecule has 0 saturated heterocycles. The maximum atomic E-state index is 11.6. The van der Waals surface area contributed by atoms with Gasteiger partial charge in [-0.15, -0.1) is 6.42 Å². The molecule has 1 aromatic rings. The van der Waals surface area contributed by atoms with Crippen LogP contribution in [0.5, 0.6) is 0 Å². The third kappa shape index (κ3) is 3.06. The molecule has 0 aliphatic heterocycles. The highest BCUT2D eigenvalue weighted by atomic mass is 16.2. The number of rotatable bonds is 2. The molecule has 1 heterocycles. The lowest BCUT2D eigenvalue weighted by Gasteiger charge is -2.18. The van der Waals surface area contributed by atoms with Crippen LogP contribution in [0.3, 0.4) is 0 Å². The van der Waals surface area contributed by atoms with Gasteiger partial charge in [0.1, 0.15) is 5.69 Å². The van der Waals surface area contributed by atoms with Gasteiger partial charge in [0.2, 0.25) is 0 Å². The van der Waals surface area contributed by atoms with E-state index in [0.29, 0.717) is 0 Å². The second-order valence-corrected chi connectivity index (χ2v) is 3.77. The van der Waals surface area contributed by atoms with E-state index in [2.05, 4.69) is 21.2 Å². The Labute approximate surface area is 89.1 Å². The van der Waals surface area contributed by atoms with Crippen LogP contribution >= 0.6 is 0 Å².